The van der Waals surface area contributed by atoms with Crippen LogP contribution >= 0.6 is 12.2 Å². The highest BCUT2D eigenvalue weighted by atomic mass is 32.1. The molecule has 1 aliphatic heterocycles. The van der Waals surface area contributed by atoms with E-state index in [2.05, 4.69) is 19.9 Å². The van der Waals surface area contributed by atoms with E-state index in [0.717, 1.165) is 23.2 Å². The Labute approximate surface area is 141 Å². The van der Waals surface area contributed by atoms with Gasteiger partial charge >= 0.3 is 0 Å². The minimum Gasteiger partial charge on any atom is -0.384 e. The second kappa shape index (κ2) is 5.80. The predicted molar refractivity (Wildman–Crippen MR) is 92.9 cm³/mol. The van der Waals surface area contributed by atoms with Crippen molar-refractivity contribution in [1.29, 1.82) is 5.26 Å². The maximum atomic E-state index is 9.66. The highest BCUT2D eigenvalue weighted by molar-refractivity contribution is 7.71. The summed E-state index contributed by atoms with van der Waals surface area (Å²) in [5.74, 6) is 0.405. The quantitative estimate of drug-likeness (QED) is 0.851. The van der Waals surface area contributed by atoms with Crippen LogP contribution in [0.5, 0.6) is 0 Å². The van der Waals surface area contributed by atoms with Crippen LogP contribution in [0.1, 0.15) is 37.0 Å². The Kier molecular flexibility index (Phi) is 3.97. The molecular weight excluding hydrogens is 306 g/mol. The number of nitrogen functional groups attached to an aromatic ring is 1. The van der Waals surface area contributed by atoms with Crippen LogP contribution in [-0.2, 0) is 17.8 Å². The first-order valence-electron chi connectivity index (χ1n) is 7.66. The Morgan fingerprint density at radius 3 is 2.65 bits per heavy atom. The van der Waals surface area contributed by atoms with Gasteiger partial charge in [-0.15, -0.1) is 0 Å². The maximum absolute atomic E-state index is 9.66. The molecule has 2 N–H and O–H groups in total. The largest absolute Gasteiger partial charge is 0.384 e. The summed E-state index contributed by atoms with van der Waals surface area (Å²) >= 11 is 5.66. The Bertz CT molecular complexity index is 851. The fraction of sp³-hybridized carbons (Fsp3) is 0.333. The summed E-state index contributed by atoms with van der Waals surface area (Å²) in [6.45, 7) is 4.57. The molecule has 0 saturated heterocycles. The predicted octanol–water partition coefficient (Wildman–Crippen LogP) is 3.90. The van der Waals surface area contributed by atoms with Crippen molar-refractivity contribution in [2.45, 2.75) is 38.9 Å². The minimum atomic E-state index is -0.272. The summed E-state index contributed by atoms with van der Waals surface area (Å²) < 4.78 is 8.42. The van der Waals surface area contributed by atoms with Crippen LogP contribution in [-0.4, -0.2) is 10.2 Å². The van der Waals surface area contributed by atoms with E-state index in [0.29, 0.717) is 29.0 Å². The number of rotatable bonds is 2. The molecule has 5 heteroatoms. The van der Waals surface area contributed by atoms with E-state index in [9.17, 15) is 5.26 Å². The SMILES string of the molecule is CC[C@@]1(C)Cc2c(C#N)c(N)n(-c3ccccc3)c(=S)c2CO1. The number of hydrogen-bond acceptors (Lipinski definition) is 4. The second-order valence-electron chi connectivity index (χ2n) is 6.07. The fourth-order valence-corrected chi connectivity index (χ4v) is 3.38. The average molecular weight is 325 g/mol. The van der Waals surface area contributed by atoms with E-state index in [1.165, 1.54) is 0 Å². The van der Waals surface area contributed by atoms with E-state index in [-0.39, 0.29) is 5.60 Å². The Morgan fingerprint density at radius 1 is 1.35 bits per heavy atom. The van der Waals surface area contributed by atoms with Crippen LogP contribution in [0.3, 0.4) is 0 Å². The van der Waals surface area contributed by atoms with E-state index < -0.39 is 0 Å². The smallest absolute Gasteiger partial charge is 0.127 e. The topological polar surface area (TPSA) is 64.0 Å². The van der Waals surface area contributed by atoms with Crippen LogP contribution in [0.4, 0.5) is 5.82 Å². The number of fused-ring (bicyclic) bond motifs is 1. The van der Waals surface area contributed by atoms with Gasteiger partial charge in [0.2, 0.25) is 0 Å². The van der Waals surface area contributed by atoms with E-state index in [4.69, 9.17) is 22.7 Å². The number of para-hydroxylation sites is 1. The Hall–Kier alpha value is -2.16. The van der Waals surface area contributed by atoms with Gasteiger partial charge in [0, 0.05) is 17.7 Å². The van der Waals surface area contributed by atoms with Crippen molar-refractivity contribution in [3.8, 4) is 11.8 Å². The van der Waals surface area contributed by atoms with Gasteiger partial charge in [0.05, 0.1) is 17.8 Å². The van der Waals surface area contributed by atoms with Crippen molar-refractivity contribution in [3.05, 3.63) is 51.7 Å². The molecule has 0 amide bonds. The molecular formula is C18H19N3OS. The van der Waals surface area contributed by atoms with E-state index in [1.54, 1.807) is 4.57 Å². The Morgan fingerprint density at radius 2 is 2.04 bits per heavy atom. The number of nitriles is 1. The normalized spacial score (nSPS) is 19.9. The van der Waals surface area contributed by atoms with Gasteiger partial charge in [-0.05, 0) is 31.0 Å². The van der Waals surface area contributed by atoms with Crippen molar-refractivity contribution < 1.29 is 4.74 Å². The van der Waals surface area contributed by atoms with Gasteiger partial charge in [0.1, 0.15) is 16.5 Å². The van der Waals surface area contributed by atoms with Crippen LogP contribution in [0, 0.1) is 16.0 Å². The van der Waals surface area contributed by atoms with Crippen molar-refractivity contribution in [2.24, 2.45) is 0 Å². The molecule has 2 heterocycles. The minimum absolute atomic E-state index is 0.272. The van der Waals surface area contributed by atoms with E-state index in [1.807, 2.05) is 30.3 Å². The molecule has 23 heavy (non-hydrogen) atoms. The van der Waals surface area contributed by atoms with Crippen LogP contribution in [0.2, 0.25) is 0 Å². The first-order chi connectivity index (χ1) is 11.0. The highest BCUT2D eigenvalue weighted by Crippen LogP contribution is 2.36. The first-order valence-corrected chi connectivity index (χ1v) is 8.07. The number of hydrogen-bond donors (Lipinski definition) is 1. The van der Waals surface area contributed by atoms with Crippen molar-refractivity contribution in [3.63, 3.8) is 0 Å². The van der Waals surface area contributed by atoms with Gasteiger partial charge in [-0.3, -0.25) is 4.57 Å². The van der Waals surface area contributed by atoms with Gasteiger partial charge in [0.25, 0.3) is 0 Å². The third-order valence-electron chi connectivity index (χ3n) is 4.61. The molecule has 118 valence electrons. The van der Waals surface area contributed by atoms with Gasteiger partial charge in [-0.25, -0.2) is 0 Å². The Balaban J connectivity index is 2.29. The number of benzene rings is 1. The highest BCUT2D eigenvalue weighted by Gasteiger charge is 2.33. The number of aromatic nitrogens is 1. The average Bonchev–Trinajstić information content (AvgIpc) is 2.56. The van der Waals surface area contributed by atoms with Gasteiger partial charge in [-0.1, -0.05) is 37.3 Å². The second-order valence-corrected chi connectivity index (χ2v) is 6.46. The zero-order chi connectivity index (χ0) is 16.6. The summed E-state index contributed by atoms with van der Waals surface area (Å²) in [6, 6.07) is 11.9. The third kappa shape index (κ3) is 2.54. The molecule has 0 radical (unpaired) electrons. The van der Waals surface area contributed by atoms with Crippen molar-refractivity contribution in [1.82, 2.24) is 4.57 Å². The molecule has 3 rings (SSSR count). The molecule has 1 aromatic carbocycles. The molecule has 0 unspecified atom stereocenters. The summed E-state index contributed by atoms with van der Waals surface area (Å²) in [5.41, 5.74) is 9.26. The zero-order valence-corrected chi connectivity index (χ0v) is 14.1. The summed E-state index contributed by atoms with van der Waals surface area (Å²) in [6.07, 6.45) is 1.53. The summed E-state index contributed by atoms with van der Waals surface area (Å²) in [4.78, 5) is 0. The molecule has 1 aliphatic rings. The van der Waals surface area contributed by atoms with Crippen LogP contribution < -0.4 is 5.73 Å². The maximum Gasteiger partial charge on any atom is 0.127 e. The molecule has 0 fully saturated rings. The molecule has 2 aromatic rings. The lowest BCUT2D eigenvalue weighted by Crippen LogP contribution is -2.36. The molecule has 0 bridgehead atoms. The lowest BCUT2D eigenvalue weighted by atomic mass is 9.86. The number of nitrogens with two attached hydrogens (primary N) is 1. The number of pyridine rings is 1. The fourth-order valence-electron chi connectivity index (χ4n) is 2.99. The standard InChI is InChI=1S/C18H19N3OS/c1-3-18(2)9-13-14(10-19)16(20)21(12-7-5-4-6-8-12)17(23)15(13)11-22-18/h4-8H,3,9,11,20H2,1-2H3/t18-/m0/s1. The zero-order valence-electron chi connectivity index (χ0n) is 13.3. The number of anilines is 1. The van der Waals surface area contributed by atoms with Crippen molar-refractivity contribution in [2.75, 3.05) is 5.73 Å². The molecule has 1 aromatic heterocycles. The molecule has 1 atom stereocenters. The van der Waals surface area contributed by atoms with Gasteiger partial charge < -0.3 is 10.5 Å². The van der Waals surface area contributed by atoms with Gasteiger partial charge in [-0.2, -0.15) is 5.26 Å². The van der Waals surface area contributed by atoms with Gasteiger partial charge in [0.15, 0.2) is 0 Å². The number of ether oxygens (including phenoxy) is 1. The lowest BCUT2D eigenvalue weighted by Gasteiger charge is -2.35. The summed E-state index contributed by atoms with van der Waals surface area (Å²) in [7, 11) is 0. The third-order valence-corrected chi connectivity index (χ3v) is 5.04. The molecule has 0 aliphatic carbocycles. The number of nitrogens with zero attached hydrogens (tertiary/aromatic N) is 2. The van der Waals surface area contributed by atoms with Crippen molar-refractivity contribution >= 4 is 18.0 Å². The monoisotopic (exact) mass is 325 g/mol. The van der Waals surface area contributed by atoms with Crippen LogP contribution in [0.15, 0.2) is 30.3 Å². The van der Waals surface area contributed by atoms with Crippen LogP contribution in [0.25, 0.3) is 5.69 Å². The summed E-state index contributed by atoms with van der Waals surface area (Å²) in [5, 5.41) is 9.66. The molecule has 4 nitrogen and oxygen atoms in total. The first kappa shape index (κ1) is 15.7. The molecule has 0 spiro atoms. The lowest BCUT2D eigenvalue weighted by molar-refractivity contribution is -0.0568. The van der Waals surface area contributed by atoms with E-state index >= 15 is 0 Å². The molecule has 0 saturated carbocycles.